The molecule has 2 heterocycles. The molecule has 0 unspecified atom stereocenters. The van der Waals surface area contributed by atoms with Crippen LogP contribution in [0.1, 0.15) is 49.8 Å². The highest BCUT2D eigenvalue weighted by Crippen LogP contribution is 2.47. The lowest BCUT2D eigenvalue weighted by Gasteiger charge is -2.39. The number of aryl methyl sites for hydroxylation is 1. The molecule has 1 amide bonds. The Balaban J connectivity index is 1.87. The lowest BCUT2D eigenvalue weighted by Crippen LogP contribution is -2.42. The summed E-state index contributed by atoms with van der Waals surface area (Å²) in [5.41, 5.74) is 3.89. The number of halogens is 3. The summed E-state index contributed by atoms with van der Waals surface area (Å²) >= 11 is 0. The summed E-state index contributed by atoms with van der Waals surface area (Å²) in [4.78, 5) is 26.6. The minimum absolute atomic E-state index is 0.0787. The molecule has 0 radical (unpaired) electrons. The van der Waals surface area contributed by atoms with E-state index in [1.807, 2.05) is 13.8 Å². The van der Waals surface area contributed by atoms with Gasteiger partial charge in [-0.25, -0.2) is 0 Å². The second-order valence-corrected chi connectivity index (χ2v) is 8.06. The van der Waals surface area contributed by atoms with Crippen LogP contribution in [0.5, 0.6) is 0 Å². The summed E-state index contributed by atoms with van der Waals surface area (Å²) in [5, 5.41) is 3.51. The molecule has 0 saturated carbocycles. The van der Waals surface area contributed by atoms with Crippen LogP contribution in [-0.4, -0.2) is 39.5 Å². The first-order valence-electron chi connectivity index (χ1n) is 8.86. The van der Waals surface area contributed by atoms with E-state index in [2.05, 4.69) is 5.10 Å². The fourth-order valence-electron chi connectivity index (χ4n) is 4.26. The number of likely N-dealkylation sites (tertiary alicyclic amines) is 1. The number of nitrogens with zero attached hydrogens (tertiary/aromatic N) is 3. The van der Waals surface area contributed by atoms with Crippen molar-refractivity contribution in [1.82, 2.24) is 14.7 Å². The molecular weight excluding hydrogens is 361 g/mol. The van der Waals surface area contributed by atoms with E-state index < -0.39 is 28.6 Å². The Morgan fingerprint density at radius 3 is 2.59 bits per heavy atom. The van der Waals surface area contributed by atoms with Crippen LogP contribution in [-0.2, 0) is 17.5 Å². The predicted molar refractivity (Wildman–Crippen MR) is 91.5 cm³/mol. The van der Waals surface area contributed by atoms with Crippen LogP contribution in [0.25, 0.3) is 0 Å². The molecule has 9 heteroatoms. The molecule has 3 rings (SSSR count). The Morgan fingerprint density at radius 2 is 2.04 bits per heavy atom. The van der Waals surface area contributed by atoms with E-state index in [9.17, 15) is 22.8 Å². The van der Waals surface area contributed by atoms with Gasteiger partial charge >= 0.3 is 6.18 Å². The number of Topliss-reactive ketones (excluding diaryl/α,β-unsaturated/α-hetero) is 1. The smallest absolute Gasteiger partial charge is 0.396 e. The van der Waals surface area contributed by atoms with Crippen LogP contribution in [0.4, 0.5) is 13.2 Å². The van der Waals surface area contributed by atoms with Gasteiger partial charge in [0.15, 0.2) is 11.5 Å². The number of carbonyl (C=O) groups is 2. The summed E-state index contributed by atoms with van der Waals surface area (Å²) < 4.78 is 39.9. The minimum atomic E-state index is -4.60. The molecule has 1 atom stereocenters. The molecular formula is C18H23F3N4O2. The zero-order valence-corrected chi connectivity index (χ0v) is 15.6. The number of nitrogens with two attached hydrogens (primary N) is 1. The van der Waals surface area contributed by atoms with E-state index in [1.165, 1.54) is 4.90 Å². The monoisotopic (exact) mass is 384 g/mol. The van der Waals surface area contributed by atoms with E-state index in [1.54, 1.807) is 13.0 Å². The number of rotatable bonds is 2. The first-order valence-corrected chi connectivity index (χ1v) is 8.86. The van der Waals surface area contributed by atoms with Gasteiger partial charge in [-0.1, -0.05) is 13.8 Å². The molecule has 1 aliphatic heterocycles. The van der Waals surface area contributed by atoms with Crippen molar-refractivity contribution in [2.75, 3.05) is 13.1 Å². The summed E-state index contributed by atoms with van der Waals surface area (Å²) in [6, 6.07) is 0.801. The van der Waals surface area contributed by atoms with Crippen LogP contribution < -0.4 is 5.73 Å². The second-order valence-electron chi connectivity index (χ2n) is 8.06. The predicted octanol–water partition coefficient (Wildman–Crippen LogP) is 2.60. The van der Waals surface area contributed by atoms with E-state index in [0.717, 1.165) is 10.7 Å². The Labute approximate surface area is 155 Å². The fraction of sp³-hybridized carbons (Fsp3) is 0.611. The molecule has 1 aromatic heterocycles. The summed E-state index contributed by atoms with van der Waals surface area (Å²) in [5.74, 6) is -0.602. The number of aromatic nitrogens is 2. The first-order chi connectivity index (χ1) is 12.4. The lowest BCUT2D eigenvalue weighted by atomic mass is 9.65. The molecule has 0 bridgehead atoms. The number of alkyl halides is 3. The third-order valence-electron chi connectivity index (χ3n) is 5.39. The maximum atomic E-state index is 13.0. The van der Waals surface area contributed by atoms with Gasteiger partial charge in [-0.2, -0.15) is 18.3 Å². The second kappa shape index (κ2) is 6.10. The Hall–Kier alpha value is -2.32. The molecule has 1 fully saturated rings. The number of hydrogen-bond acceptors (Lipinski definition) is 4. The normalized spacial score (nSPS) is 25.2. The molecule has 1 aliphatic carbocycles. The van der Waals surface area contributed by atoms with Gasteiger partial charge in [-0.05, 0) is 25.8 Å². The number of carbonyl (C=O) groups excluding carboxylic acids is 2. The van der Waals surface area contributed by atoms with Gasteiger partial charge in [0.1, 0.15) is 5.69 Å². The molecule has 2 N–H and O–H groups in total. The van der Waals surface area contributed by atoms with Crippen LogP contribution in [0.15, 0.2) is 17.8 Å². The standard InChI is InChI=1S/C18H23F3N4O2/c1-4-25-12(7-13(23-25)18(19,20)21)15(27)24-6-5-17(10-24)8-11(22)14(26)16(2,3)9-17/h7-8H,4-6,9-10,22H2,1-3H3/t17-/m0/s1. The SMILES string of the molecule is CCn1nc(C(F)(F)F)cc1C(=O)N1CC[C@@]2(C=C(N)C(=O)C(C)(C)C2)C1. The highest BCUT2D eigenvalue weighted by Gasteiger charge is 2.48. The van der Waals surface area contributed by atoms with Crippen LogP contribution in [0.3, 0.4) is 0 Å². The number of hydrogen-bond donors (Lipinski definition) is 1. The highest BCUT2D eigenvalue weighted by atomic mass is 19.4. The largest absolute Gasteiger partial charge is 0.435 e. The average Bonchev–Trinajstić information content (AvgIpc) is 3.16. The average molecular weight is 384 g/mol. The maximum absolute atomic E-state index is 13.0. The van der Waals surface area contributed by atoms with E-state index in [0.29, 0.717) is 25.9 Å². The molecule has 148 valence electrons. The molecule has 2 aliphatic rings. The van der Waals surface area contributed by atoms with E-state index in [-0.39, 0.29) is 23.7 Å². The molecule has 1 spiro atoms. The maximum Gasteiger partial charge on any atom is 0.435 e. The van der Waals surface area contributed by atoms with Crippen molar-refractivity contribution < 1.29 is 22.8 Å². The zero-order valence-electron chi connectivity index (χ0n) is 15.6. The van der Waals surface area contributed by atoms with Crippen molar-refractivity contribution in [1.29, 1.82) is 0 Å². The van der Waals surface area contributed by atoms with Crippen LogP contribution in [0.2, 0.25) is 0 Å². The van der Waals surface area contributed by atoms with E-state index in [4.69, 9.17) is 5.73 Å². The molecule has 6 nitrogen and oxygen atoms in total. The number of amides is 1. The van der Waals surface area contributed by atoms with Gasteiger partial charge in [0, 0.05) is 36.5 Å². The first kappa shape index (κ1) is 19.4. The third-order valence-corrected chi connectivity index (χ3v) is 5.39. The highest BCUT2D eigenvalue weighted by molar-refractivity contribution is 6.00. The van der Waals surface area contributed by atoms with Crippen molar-refractivity contribution in [3.05, 3.63) is 29.2 Å². The van der Waals surface area contributed by atoms with Gasteiger partial charge in [0.05, 0.1) is 5.70 Å². The molecule has 27 heavy (non-hydrogen) atoms. The minimum Gasteiger partial charge on any atom is -0.396 e. The summed E-state index contributed by atoms with van der Waals surface area (Å²) in [6.45, 7) is 6.15. The van der Waals surface area contributed by atoms with Gasteiger partial charge in [0.25, 0.3) is 5.91 Å². The fourth-order valence-corrected chi connectivity index (χ4v) is 4.26. The van der Waals surface area contributed by atoms with Crippen molar-refractivity contribution >= 4 is 11.7 Å². The van der Waals surface area contributed by atoms with Gasteiger partial charge < -0.3 is 10.6 Å². The molecule has 1 aromatic rings. The molecule has 1 saturated heterocycles. The van der Waals surface area contributed by atoms with Crippen LogP contribution >= 0.6 is 0 Å². The molecule has 0 aromatic carbocycles. The third kappa shape index (κ3) is 3.35. The van der Waals surface area contributed by atoms with Crippen molar-refractivity contribution in [2.24, 2.45) is 16.6 Å². The quantitative estimate of drug-likeness (QED) is 0.850. The number of allylic oxidation sites excluding steroid dienone is 1. The van der Waals surface area contributed by atoms with Gasteiger partial charge in [-0.15, -0.1) is 0 Å². The van der Waals surface area contributed by atoms with E-state index >= 15 is 0 Å². The summed E-state index contributed by atoms with van der Waals surface area (Å²) in [7, 11) is 0. The van der Waals surface area contributed by atoms with Gasteiger partial charge in [0.2, 0.25) is 0 Å². The van der Waals surface area contributed by atoms with Crippen molar-refractivity contribution in [2.45, 2.75) is 46.3 Å². The Kier molecular flexibility index (Phi) is 4.39. The summed E-state index contributed by atoms with van der Waals surface area (Å²) in [6.07, 6.45) is -1.72. The van der Waals surface area contributed by atoms with Gasteiger partial charge in [-0.3, -0.25) is 14.3 Å². The zero-order chi connectivity index (χ0) is 20.2. The Morgan fingerprint density at radius 1 is 1.37 bits per heavy atom. The van der Waals surface area contributed by atoms with Crippen molar-refractivity contribution in [3.63, 3.8) is 0 Å². The Bertz CT molecular complexity index is 825. The van der Waals surface area contributed by atoms with Crippen LogP contribution in [0, 0.1) is 10.8 Å². The topological polar surface area (TPSA) is 81.2 Å². The number of ketones is 1. The lowest BCUT2D eigenvalue weighted by molar-refractivity contribution is -0.141. The van der Waals surface area contributed by atoms with Crippen molar-refractivity contribution in [3.8, 4) is 0 Å².